The van der Waals surface area contributed by atoms with Gasteiger partial charge in [-0.25, -0.2) is 0 Å². The zero-order valence-electron chi connectivity index (χ0n) is 14.0. The minimum atomic E-state index is -0.437. The maximum Gasteiger partial charge on any atom is 0.228 e. The molecule has 2 aliphatic rings. The molecule has 0 aliphatic carbocycles. The molecule has 1 spiro atoms. The number of rotatable bonds is 2. The first-order valence-corrected chi connectivity index (χ1v) is 8.56. The predicted molar refractivity (Wildman–Crippen MR) is 90.6 cm³/mol. The van der Waals surface area contributed by atoms with Gasteiger partial charge in [-0.1, -0.05) is 18.2 Å². The van der Waals surface area contributed by atoms with Gasteiger partial charge in [0.25, 0.3) is 0 Å². The van der Waals surface area contributed by atoms with E-state index in [2.05, 4.69) is 11.1 Å². The molecular formula is C19H22N2O3. The number of aryl methyl sites for hydroxylation is 1. The van der Waals surface area contributed by atoms with Crippen molar-refractivity contribution in [3.63, 3.8) is 0 Å². The van der Waals surface area contributed by atoms with Gasteiger partial charge in [-0.2, -0.15) is 0 Å². The number of carbonyl (C=O) groups is 1. The van der Waals surface area contributed by atoms with Gasteiger partial charge in [-0.3, -0.25) is 9.78 Å². The Morgan fingerprint density at radius 1 is 1.21 bits per heavy atom. The Morgan fingerprint density at radius 3 is 2.67 bits per heavy atom. The summed E-state index contributed by atoms with van der Waals surface area (Å²) in [6.45, 7) is 4.71. The molecule has 0 bridgehead atoms. The highest BCUT2D eigenvalue weighted by molar-refractivity contribution is 5.82. The lowest BCUT2D eigenvalue weighted by atomic mass is 10.0. The van der Waals surface area contributed by atoms with E-state index in [-0.39, 0.29) is 5.91 Å². The van der Waals surface area contributed by atoms with Crippen LogP contribution in [-0.2, 0) is 20.7 Å². The van der Waals surface area contributed by atoms with Gasteiger partial charge >= 0.3 is 0 Å². The molecule has 0 N–H and O–H groups in total. The Bertz CT molecular complexity index is 758. The van der Waals surface area contributed by atoms with Crippen molar-refractivity contribution >= 4 is 16.8 Å². The molecule has 0 unspecified atom stereocenters. The molecule has 0 saturated carbocycles. The average molecular weight is 326 g/mol. The number of carbonyl (C=O) groups excluding carboxylic acids is 1. The van der Waals surface area contributed by atoms with E-state index < -0.39 is 5.79 Å². The third-order valence-electron chi connectivity index (χ3n) is 5.03. The highest BCUT2D eigenvalue weighted by atomic mass is 16.7. The molecular weight excluding hydrogens is 304 g/mol. The minimum absolute atomic E-state index is 0.133. The normalized spacial score (nSPS) is 20.0. The number of amides is 1. The SMILES string of the molecule is Cc1cc2ccccc2nc1CC(=O)N1CCC2(CC1)OCCO2. The number of ether oxygens (including phenoxy) is 2. The number of nitrogens with zero attached hydrogens (tertiary/aromatic N) is 2. The molecule has 4 rings (SSSR count). The van der Waals surface area contributed by atoms with Gasteiger partial charge < -0.3 is 14.4 Å². The number of aromatic nitrogens is 1. The Kier molecular flexibility index (Phi) is 3.98. The second kappa shape index (κ2) is 6.15. The van der Waals surface area contributed by atoms with Crippen LogP contribution in [0.25, 0.3) is 10.9 Å². The number of benzene rings is 1. The molecule has 1 aromatic carbocycles. The van der Waals surface area contributed by atoms with E-state index in [0.717, 1.165) is 35.0 Å². The minimum Gasteiger partial charge on any atom is -0.347 e. The van der Waals surface area contributed by atoms with Crippen molar-refractivity contribution in [3.8, 4) is 0 Å². The van der Waals surface area contributed by atoms with Crippen molar-refractivity contribution in [2.24, 2.45) is 0 Å². The lowest BCUT2D eigenvalue weighted by molar-refractivity contribution is -0.187. The third-order valence-corrected chi connectivity index (χ3v) is 5.03. The fourth-order valence-electron chi connectivity index (χ4n) is 3.58. The highest BCUT2D eigenvalue weighted by Crippen LogP contribution is 2.31. The van der Waals surface area contributed by atoms with Crippen LogP contribution in [0.5, 0.6) is 0 Å². The fourth-order valence-corrected chi connectivity index (χ4v) is 3.58. The van der Waals surface area contributed by atoms with E-state index in [4.69, 9.17) is 9.47 Å². The molecule has 1 aromatic heterocycles. The van der Waals surface area contributed by atoms with E-state index in [1.54, 1.807) is 0 Å². The number of hydrogen-bond acceptors (Lipinski definition) is 4. The maximum atomic E-state index is 12.7. The number of fused-ring (bicyclic) bond motifs is 1. The van der Waals surface area contributed by atoms with E-state index in [9.17, 15) is 4.79 Å². The van der Waals surface area contributed by atoms with Gasteiger partial charge in [-0.05, 0) is 24.6 Å². The van der Waals surface area contributed by atoms with Crippen LogP contribution in [0.4, 0.5) is 0 Å². The van der Waals surface area contributed by atoms with Crippen molar-refractivity contribution in [2.45, 2.75) is 32.0 Å². The molecule has 2 saturated heterocycles. The summed E-state index contributed by atoms with van der Waals surface area (Å²) in [6, 6.07) is 10.1. The lowest BCUT2D eigenvalue weighted by Crippen LogP contribution is -2.47. The van der Waals surface area contributed by atoms with Crippen LogP contribution < -0.4 is 0 Å². The highest BCUT2D eigenvalue weighted by Gasteiger charge is 2.40. The first-order valence-electron chi connectivity index (χ1n) is 8.56. The smallest absolute Gasteiger partial charge is 0.228 e. The van der Waals surface area contributed by atoms with Gasteiger partial charge in [0, 0.05) is 31.3 Å². The number of likely N-dealkylation sites (tertiary alicyclic amines) is 1. The summed E-state index contributed by atoms with van der Waals surface area (Å²) in [5, 5.41) is 1.11. The van der Waals surface area contributed by atoms with Crippen LogP contribution in [0.1, 0.15) is 24.1 Å². The van der Waals surface area contributed by atoms with E-state index >= 15 is 0 Å². The number of hydrogen-bond donors (Lipinski definition) is 0. The molecule has 126 valence electrons. The summed E-state index contributed by atoms with van der Waals surface area (Å²) in [4.78, 5) is 19.3. The quantitative estimate of drug-likeness (QED) is 0.851. The molecule has 5 heteroatoms. The van der Waals surface area contributed by atoms with E-state index in [0.29, 0.717) is 32.7 Å². The Morgan fingerprint density at radius 2 is 1.92 bits per heavy atom. The first-order chi connectivity index (χ1) is 11.7. The van der Waals surface area contributed by atoms with Crippen LogP contribution in [0.2, 0.25) is 0 Å². The van der Waals surface area contributed by atoms with Crippen LogP contribution in [0, 0.1) is 6.92 Å². The monoisotopic (exact) mass is 326 g/mol. The summed E-state index contributed by atoms with van der Waals surface area (Å²) < 4.78 is 11.4. The van der Waals surface area contributed by atoms with Crippen molar-refractivity contribution in [1.29, 1.82) is 0 Å². The summed E-state index contributed by atoms with van der Waals surface area (Å²) in [5.74, 6) is -0.304. The third kappa shape index (κ3) is 2.89. The predicted octanol–water partition coefficient (Wildman–Crippen LogP) is 2.45. The van der Waals surface area contributed by atoms with E-state index in [1.807, 2.05) is 36.1 Å². The summed E-state index contributed by atoms with van der Waals surface area (Å²) >= 11 is 0. The molecule has 2 aliphatic heterocycles. The van der Waals surface area contributed by atoms with Crippen LogP contribution in [-0.4, -0.2) is 47.9 Å². The second-order valence-corrected chi connectivity index (χ2v) is 6.61. The number of piperidine rings is 1. The Balaban J connectivity index is 1.45. The summed E-state index contributed by atoms with van der Waals surface area (Å²) in [6.07, 6.45) is 1.86. The molecule has 0 radical (unpaired) electrons. The van der Waals surface area contributed by atoms with Crippen LogP contribution in [0.15, 0.2) is 30.3 Å². The molecule has 24 heavy (non-hydrogen) atoms. The van der Waals surface area contributed by atoms with Crippen molar-refractivity contribution < 1.29 is 14.3 Å². The second-order valence-electron chi connectivity index (χ2n) is 6.61. The van der Waals surface area contributed by atoms with Gasteiger partial charge in [0.2, 0.25) is 5.91 Å². The average Bonchev–Trinajstić information content (AvgIpc) is 3.04. The van der Waals surface area contributed by atoms with Gasteiger partial charge in [0.15, 0.2) is 5.79 Å². The van der Waals surface area contributed by atoms with Gasteiger partial charge in [0.1, 0.15) is 0 Å². The molecule has 1 amide bonds. The van der Waals surface area contributed by atoms with Crippen LogP contribution >= 0.6 is 0 Å². The number of pyridine rings is 1. The van der Waals surface area contributed by atoms with Crippen molar-refractivity contribution in [3.05, 3.63) is 41.6 Å². The Hall–Kier alpha value is -1.98. The topological polar surface area (TPSA) is 51.7 Å². The number of para-hydroxylation sites is 1. The van der Waals surface area contributed by atoms with Crippen molar-refractivity contribution in [2.75, 3.05) is 26.3 Å². The van der Waals surface area contributed by atoms with Gasteiger partial charge in [0.05, 0.1) is 30.8 Å². The van der Waals surface area contributed by atoms with Crippen LogP contribution in [0.3, 0.4) is 0 Å². The summed E-state index contributed by atoms with van der Waals surface area (Å²) in [7, 11) is 0. The van der Waals surface area contributed by atoms with Gasteiger partial charge in [-0.15, -0.1) is 0 Å². The summed E-state index contributed by atoms with van der Waals surface area (Å²) in [5.41, 5.74) is 2.88. The molecule has 0 atom stereocenters. The Labute approximate surface area is 141 Å². The first kappa shape index (κ1) is 15.5. The van der Waals surface area contributed by atoms with E-state index in [1.165, 1.54) is 0 Å². The zero-order chi connectivity index (χ0) is 16.6. The molecule has 2 aromatic rings. The fraction of sp³-hybridized carbons (Fsp3) is 0.474. The maximum absolute atomic E-state index is 12.7. The standard InChI is InChI=1S/C19H22N2O3/c1-14-12-15-4-2-3-5-16(15)20-17(14)13-18(22)21-8-6-19(7-9-21)23-10-11-24-19/h2-5,12H,6-11,13H2,1H3. The van der Waals surface area contributed by atoms with Crippen molar-refractivity contribution in [1.82, 2.24) is 9.88 Å². The zero-order valence-corrected chi connectivity index (χ0v) is 14.0. The molecule has 3 heterocycles. The lowest BCUT2D eigenvalue weighted by Gasteiger charge is -2.37. The molecule has 5 nitrogen and oxygen atoms in total. The molecule has 2 fully saturated rings. The largest absolute Gasteiger partial charge is 0.347 e.